The van der Waals surface area contributed by atoms with Crippen molar-refractivity contribution in [2.45, 2.75) is 64.1 Å². The van der Waals surface area contributed by atoms with Crippen molar-refractivity contribution in [3.8, 4) is 0 Å². The lowest BCUT2D eigenvalue weighted by atomic mass is 10.0. The summed E-state index contributed by atoms with van der Waals surface area (Å²) in [6, 6.07) is 27.3. The average molecular weight is 630 g/mol. The van der Waals surface area contributed by atoms with E-state index in [1.165, 1.54) is 17.0 Å². The van der Waals surface area contributed by atoms with Gasteiger partial charge in [0, 0.05) is 18.5 Å². The van der Waals surface area contributed by atoms with E-state index < -0.39 is 39.9 Å². The molecule has 0 heterocycles. The molecule has 0 bridgehead atoms. The van der Waals surface area contributed by atoms with E-state index in [1.807, 2.05) is 89.2 Å². The number of anilines is 1. The van der Waals surface area contributed by atoms with Crippen LogP contribution in [-0.2, 0) is 32.6 Å². The molecule has 1 atom stereocenters. The molecule has 1 N–H and O–H groups in total. The van der Waals surface area contributed by atoms with Crippen LogP contribution in [0.25, 0.3) is 0 Å². The van der Waals surface area contributed by atoms with Gasteiger partial charge in [-0.15, -0.1) is 0 Å². The molecule has 236 valence electrons. The minimum absolute atomic E-state index is 0.0759. The Morgan fingerprint density at radius 2 is 1.33 bits per heavy atom. The number of carbonyl (C=O) groups excluding carboxylic acids is 2. The van der Waals surface area contributed by atoms with Gasteiger partial charge in [0.05, 0.1) is 10.6 Å². The fraction of sp³-hybridized carbons (Fsp3) is 0.278. The van der Waals surface area contributed by atoms with Crippen molar-refractivity contribution in [2.75, 3.05) is 10.8 Å². The van der Waals surface area contributed by atoms with Crippen LogP contribution in [0.2, 0.25) is 0 Å². The molecule has 4 aromatic carbocycles. The molecule has 0 aliphatic heterocycles. The average Bonchev–Trinajstić information content (AvgIpc) is 2.99. The molecule has 0 aromatic heterocycles. The maximum Gasteiger partial charge on any atom is 0.264 e. The second-order valence-corrected chi connectivity index (χ2v) is 14.1. The van der Waals surface area contributed by atoms with E-state index in [-0.39, 0.29) is 29.5 Å². The van der Waals surface area contributed by atoms with E-state index >= 15 is 0 Å². The van der Waals surface area contributed by atoms with Gasteiger partial charge >= 0.3 is 0 Å². The van der Waals surface area contributed by atoms with Crippen LogP contribution >= 0.6 is 0 Å². The summed E-state index contributed by atoms with van der Waals surface area (Å²) in [7, 11) is -4.31. The largest absolute Gasteiger partial charge is 0.350 e. The van der Waals surface area contributed by atoms with Crippen molar-refractivity contribution in [3.05, 3.63) is 131 Å². The van der Waals surface area contributed by atoms with Crippen molar-refractivity contribution in [3.63, 3.8) is 0 Å². The highest BCUT2D eigenvalue weighted by Crippen LogP contribution is 2.26. The van der Waals surface area contributed by atoms with Crippen LogP contribution in [0.5, 0.6) is 0 Å². The number of carbonyl (C=O) groups is 2. The molecule has 7 nitrogen and oxygen atoms in total. The topological polar surface area (TPSA) is 86.8 Å². The number of nitrogens with one attached hydrogen (secondary N) is 1. The van der Waals surface area contributed by atoms with Crippen molar-refractivity contribution in [2.24, 2.45) is 0 Å². The summed E-state index contributed by atoms with van der Waals surface area (Å²) in [5.41, 5.74) is 3.28. The Hall–Kier alpha value is -4.50. The lowest BCUT2D eigenvalue weighted by molar-refractivity contribution is -0.140. The Labute approximate surface area is 265 Å². The summed E-state index contributed by atoms with van der Waals surface area (Å²) in [5.74, 6) is -1.49. The summed E-state index contributed by atoms with van der Waals surface area (Å²) in [5, 5.41) is 3.02. The van der Waals surface area contributed by atoms with Gasteiger partial charge in [-0.25, -0.2) is 12.8 Å². The van der Waals surface area contributed by atoms with Gasteiger partial charge in [-0.2, -0.15) is 0 Å². The predicted octanol–water partition coefficient (Wildman–Crippen LogP) is 6.19. The first-order chi connectivity index (χ1) is 21.2. The zero-order valence-corrected chi connectivity index (χ0v) is 27.1. The molecule has 0 spiro atoms. The van der Waals surface area contributed by atoms with Crippen LogP contribution in [0.4, 0.5) is 10.1 Å². The van der Waals surface area contributed by atoms with Gasteiger partial charge in [0.15, 0.2) is 0 Å². The summed E-state index contributed by atoms with van der Waals surface area (Å²) in [6.45, 7) is 8.93. The van der Waals surface area contributed by atoms with Crippen molar-refractivity contribution >= 4 is 27.5 Å². The van der Waals surface area contributed by atoms with Gasteiger partial charge in [0.1, 0.15) is 18.4 Å². The van der Waals surface area contributed by atoms with Gasteiger partial charge in [-0.3, -0.25) is 13.9 Å². The second-order valence-electron chi connectivity index (χ2n) is 12.3. The number of benzene rings is 4. The molecule has 0 saturated carbocycles. The van der Waals surface area contributed by atoms with E-state index in [2.05, 4.69) is 5.32 Å². The van der Waals surface area contributed by atoms with Crippen LogP contribution in [0.15, 0.2) is 108 Å². The van der Waals surface area contributed by atoms with Crippen LogP contribution in [-0.4, -0.2) is 43.3 Å². The Balaban J connectivity index is 1.81. The number of amides is 2. The molecular weight excluding hydrogens is 589 g/mol. The Kier molecular flexibility index (Phi) is 10.4. The zero-order chi connectivity index (χ0) is 32.8. The molecule has 0 aliphatic rings. The molecular formula is C36H40FN3O4S. The van der Waals surface area contributed by atoms with Crippen LogP contribution < -0.4 is 9.62 Å². The minimum Gasteiger partial charge on any atom is -0.350 e. The highest BCUT2D eigenvalue weighted by molar-refractivity contribution is 7.92. The monoisotopic (exact) mass is 629 g/mol. The van der Waals surface area contributed by atoms with Gasteiger partial charge in [0.2, 0.25) is 11.8 Å². The lowest BCUT2D eigenvalue weighted by Gasteiger charge is -2.35. The molecule has 0 radical (unpaired) electrons. The summed E-state index contributed by atoms with van der Waals surface area (Å²) < 4.78 is 42.8. The van der Waals surface area contributed by atoms with E-state index in [0.717, 1.165) is 38.7 Å². The third-order valence-corrected chi connectivity index (χ3v) is 9.03. The molecule has 4 rings (SSSR count). The van der Waals surface area contributed by atoms with E-state index in [4.69, 9.17) is 0 Å². The maximum atomic E-state index is 14.5. The Morgan fingerprint density at radius 1 is 0.778 bits per heavy atom. The standard InChI is InChI=1S/C36H40FN3O4S/c1-26-11-15-29(16-12-26)24-39(33(35(42)38-36(3,4)5)23-28-9-7-6-8-10-28)34(41)25-40(31-19-13-27(2)14-20-31)45(43,44)32-21-17-30(37)18-22-32/h6-22,33H,23-25H2,1-5H3,(H,38,42)/t33-/m0/s1. The maximum absolute atomic E-state index is 14.5. The number of hydrogen-bond donors (Lipinski definition) is 1. The highest BCUT2D eigenvalue weighted by Gasteiger charge is 2.35. The van der Waals surface area contributed by atoms with Crippen LogP contribution in [0, 0.1) is 19.7 Å². The molecule has 45 heavy (non-hydrogen) atoms. The van der Waals surface area contributed by atoms with E-state index in [1.54, 1.807) is 24.3 Å². The summed E-state index contributed by atoms with van der Waals surface area (Å²) >= 11 is 0. The quantitative estimate of drug-likeness (QED) is 0.214. The Bertz CT molecular complexity index is 1700. The zero-order valence-electron chi connectivity index (χ0n) is 26.3. The fourth-order valence-corrected chi connectivity index (χ4v) is 6.28. The molecule has 0 unspecified atom stereocenters. The summed E-state index contributed by atoms with van der Waals surface area (Å²) in [6.07, 6.45) is 0.218. The lowest BCUT2D eigenvalue weighted by Crippen LogP contribution is -2.56. The number of rotatable bonds is 11. The van der Waals surface area contributed by atoms with E-state index in [9.17, 15) is 22.4 Å². The predicted molar refractivity (Wildman–Crippen MR) is 176 cm³/mol. The normalized spacial score (nSPS) is 12.3. The summed E-state index contributed by atoms with van der Waals surface area (Å²) in [4.78, 5) is 29.7. The first-order valence-electron chi connectivity index (χ1n) is 14.8. The number of aryl methyl sites for hydroxylation is 2. The highest BCUT2D eigenvalue weighted by atomic mass is 32.2. The van der Waals surface area contributed by atoms with Gasteiger partial charge < -0.3 is 10.2 Å². The number of nitrogens with zero attached hydrogens (tertiary/aromatic N) is 2. The molecule has 0 saturated heterocycles. The second kappa shape index (κ2) is 14.1. The van der Waals surface area contributed by atoms with Crippen LogP contribution in [0.3, 0.4) is 0 Å². The third-order valence-electron chi connectivity index (χ3n) is 7.25. The molecule has 2 amide bonds. The molecule has 4 aromatic rings. The van der Waals surface area contributed by atoms with Crippen LogP contribution in [0.1, 0.15) is 43.0 Å². The van der Waals surface area contributed by atoms with Crippen molar-refractivity contribution < 1.29 is 22.4 Å². The third kappa shape index (κ3) is 9.01. The van der Waals surface area contributed by atoms with Crippen molar-refractivity contribution in [1.29, 1.82) is 0 Å². The van der Waals surface area contributed by atoms with Gasteiger partial charge in [0.25, 0.3) is 10.0 Å². The minimum atomic E-state index is -4.31. The van der Waals surface area contributed by atoms with Gasteiger partial charge in [-0.1, -0.05) is 77.9 Å². The van der Waals surface area contributed by atoms with Crippen molar-refractivity contribution in [1.82, 2.24) is 10.2 Å². The number of sulfonamides is 1. The molecule has 0 aliphatic carbocycles. The Morgan fingerprint density at radius 3 is 1.89 bits per heavy atom. The smallest absolute Gasteiger partial charge is 0.264 e. The number of hydrogen-bond acceptors (Lipinski definition) is 4. The fourth-order valence-electron chi connectivity index (χ4n) is 4.87. The molecule has 0 fully saturated rings. The molecule has 9 heteroatoms. The first kappa shape index (κ1) is 33.4. The SMILES string of the molecule is Cc1ccc(CN(C(=O)CN(c2ccc(C)cc2)S(=O)(=O)c2ccc(F)cc2)[C@@H](Cc2ccccc2)C(=O)NC(C)(C)C)cc1. The van der Waals surface area contributed by atoms with Gasteiger partial charge in [-0.05, 0) is 82.1 Å². The van der Waals surface area contributed by atoms with E-state index in [0.29, 0.717) is 0 Å². The first-order valence-corrected chi connectivity index (χ1v) is 16.2. The number of halogens is 1.